The van der Waals surface area contributed by atoms with E-state index in [1.807, 2.05) is 31.2 Å². The highest BCUT2D eigenvalue weighted by molar-refractivity contribution is 9.10. The number of benzene rings is 2. The Kier molecular flexibility index (Phi) is 6.99. The minimum atomic E-state index is 0.280. The van der Waals surface area contributed by atoms with Gasteiger partial charge in [-0.15, -0.1) is 0 Å². The Labute approximate surface area is 159 Å². The van der Waals surface area contributed by atoms with Crippen LogP contribution in [0.1, 0.15) is 18.1 Å². The molecule has 2 aromatic rings. The molecule has 0 aliphatic carbocycles. The summed E-state index contributed by atoms with van der Waals surface area (Å²) in [6.45, 7) is 2.67. The lowest BCUT2D eigenvalue weighted by Gasteiger charge is -2.15. The molecule has 0 aromatic heterocycles. The first-order chi connectivity index (χ1) is 11.5. The molecule has 0 unspecified atom stereocenters. The zero-order valence-electron chi connectivity index (χ0n) is 12.9. The van der Waals surface area contributed by atoms with E-state index in [1.54, 1.807) is 18.2 Å². The van der Waals surface area contributed by atoms with Gasteiger partial charge in [-0.05, 0) is 58.8 Å². The molecule has 24 heavy (non-hydrogen) atoms. The molecule has 0 fully saturated rings. The van der Waals surface area contributed by atoms with Gasteiger partial charge in [0, 0.05) is 21.7 Å². The van der Waals surface area contributed by atoms with Crippen LogP contribution in [0.2, 0.25) is 10.0 Å². The number of hydrogen-bond donors (Lipinski definition) is 0. The molecule has 0 heterocycles. The molecule has 0 amide bonds. The Balaban J connectivity index is 2.28. The lowest BCUT2D eigenvalue weighted by Crippen LogP contribution is -2.01. The molecule has 2 rings (SSSR count). The average molecular weight is 427 g/mol. The van der Waals surface area contributed by atoms with Crippen LogP contribution in [-0.2, 0) is 6.61 Å². The molecule has 0 atom stereocenters. The second-order valence-corrected chi connectivity index (χ2v) is 6.45. The van der Waals surface area contributed by atoms with Crippen molar-refractivity contribution in [1.29, 1.82) is 5.26 Å². The predicted octanol–water partition coefficient (Wildman–Crippen LogP) is 6.27. The molecule has 0 aliphatic rings. The van der Waals surface area contributed by atoms with Crippen molar-refractivity contribution in [3.05, 3.63) is 62.1 Å². The first-order valence-electron chi connectivity index (χ1n) is 7.14. The number of nitrogens with zero attached hydrogens (tertiary/aromatic N) is 1. The van der Waals surface area contributed by atoms with Gasteiger partial charge in [-0.25, -0.2) is 0 Å². The van der Waals surface area contributed by atoms with E-state index in [1.165, 1.54) is 6.08 Å². The standard InChI is InChI=1S/C18H14BrCl2NO2/c1-2-23-17-9-12(4-3-7-22)8-15(19)18(17)24-11-13-5-6-14(20)10-16(13)21/h3-6,8-10H,2,11H2,1H3. The Hall–Kier alpha value is -1.67. The van der Waals surface area contributed by atoms with Gasteiger partial charge in [0.1, 0.15) is 6.61 Å². The van der Waals surface area contributed by atoms with Crippen LogP contribution in [0, 0.1) is 11.3 Å². The van der Waals surface area contributed by atoms with Gasteiger partial charge in [0.2, 0.25) is 0 Å². The normalized spacial score (nSPS) is 10.6. The largest absolute Gasteiger partial charge is 0.490 e. The Morgan fingerprint density at radius 3 is 2.67 bits per heavy atom. The van der Waals surface area contributed by atoms with Crippen LogP contribution >= 0.6 is 39.1 Å². The topological polar surface area (TPSA) is 42.2 Å². The van der Waals surface area contributed by atoms with Gasteiger partial charge in [0.25, 0.3) is 0 Å². The van der Waals surface area contributed by atoms with Crippen LogP contribution in [0.5, 0.6) is 11.5 Å². The lowest BCUT2D eigenvalue weighted by atomic mass is 10.2. The fraction of sp³-hybridized carbons (Fsp3) is 0.167. The van der Waals surface area contributed by atoms with Gasteiger partial charge in [0.05, 0.1) is 17.1 Å². The number of nitriles is 1. The fourth-order valence-electron chi connectivity index (χ4n) is 2.01. The van der Waals surface area contributed by atoms with Crippen molar-refractivity contribution in [2.75, 3.05) is 6.61 Å². The zero-order chi connectivity index (χ0) is 17.5. The van der Waals surface area contributed by atoms with E-state index in [0.717, 1.165) is 15.6 Å². The SMILES string of the molecule is CCOc1cc(C=CC#N)cc(Br)c1OCc1ccc(Cl)cc1Cl. The minimum absolute atomic E-state index is 0.280. The molecular weight excluding hydrogens is 413 g/mol. The molecule has 0 saturated heterocycles. The maximum absolute atomic E-state index is 8.65. The fourth-order valence-corrected chi connectivity index (χ4v) is 3.05. The Morgan fingerprint density at radius 1 is 1.21 bits per heavy atom. The van der Waals surface area contributed by atoms with Crippen molar-refractivity contribution in [3.8, 4) is 17.6 Å². The summed E-state index contributed by atoms with van der Waals surface area (Å²) >= 11 is 15.6. The quantitative estimate of drug-likeness (QED) is 0.511. The molecule has 0 N–H and O–H groups in total. The number of rotatable bonds is 6. The van der Waals surface area contributed by atoms with Crippen LogP contribution in [-0.4, -0.2) is 6.61 Å². The third-order valence-electron chi connectivity index (χ3n) is 3.07. The second-order valence-electron chi connectivity index (χ2n) is 4.75. The molecule has 6 heteroatoms. The lowest BCUT2D eigenvalue weighted by molar-refractivity contribution is 0.267. The van der Waals surface area contributed by atoms with Gasteiger partial charge < -0.3 is 9.47 Å². The molecule has 0 saturated carbocycles. The van der Waals surface area contributed by atoms with Gasteiger partial charge >= 0.3 is 0 Å². The maximum Gasteiger partial charge on any atom is 0.175 e. The van der Waals surface area contributed by atoms with Crippen molar-refractivity contribution >= 4 is 45.2 Å². The summed E-state index contributed by atoms with van der Waals surface area (Å²) in [7, 11) is 0. The third-order valence-corrected chi connectivity index (χ3v) is 4.25. The van der Waals surface area contributed by atoms with Crippen LogP contribution in [0.4, 0.5) is 0 Å². The highest BCUT2D eigenvalue weighted by Gasteiger charge is 2.13. The van der Waals surface area contributed by atoms with E-state index >= 15 is 0 Å². The van der Waals surface area contributed by atoms with Crippen molar-refractivity contribution in [2.24, 2.45) is 0 Å². The van der Waals surface area contributed by atoms with E-state index in [2.05, 4.69) is 15.9 Å². The molecule has 124 valence electrons. The van der Waals surface area contributed by atoms with Crippen LogP contribution < -0.4 is 9.47 Å². The van der Waals surface area contributed by atoms with Crippen molar-refractivity contribution in [1.82, 2.24) is 0 Å². The molecule has 0 radical (unpaired) electrons. The number of halogens is 3. The summed E-state index contributed by atoms with van der Waals surface area (Å²) in [6, 6.07) is 10.9. The van der Waals surface area contributed by atoms with Crippen LogP contribution in [0.15, 0.2) is 40.9 Å². The highest BCUT2D eigenvalue weighted by Crippen LogP contribution is 2.38. The van der Waals surface area contributed by atoms with Gasteiger partial charge in [-0.1, -0.05) is 29.3 Å². The molecule has 2 aromatic carbocycles. The molecule has 3 nitrogen and oxygen atoms in total. The summed E-state index contributed by atoms with van der Waals surface area (Å²) in [5.41, 5.74) is 1.66. The zero-order valence-corrected chi connectivity index (χ0v) is 16.0. The van der Waals surface area contributed by atoms with Crippen LogP contribution in [0.3, 0.4) is 0 Å². The monoisotopic (exact) mass is 425 g/mol. The maximum atomic E-state index is 8.65. The van der Waals surface area contributed by atoms with Crippen molar-refractivity contribution < 1.29 is 9.47 Å². The van der Waals surface area contributed by atoms with Crippen molar-refractivity contribution in [2.45, 2.75) is 13.5 Å². The van der Waals surface area contributed by atoms with Gasteiger partial charge in [-0.2, -0.15) is 5.26 Å². The highest BCUT2D eigenvalue weighted by atomic mass is 79.9. The van der Waals surface area contributed by atoms with E-state index in [4.69, 9.17) is 37.9 Å². The molecule has 0 bridgehead atoms. The third kappa shape index (κ3) is 4.91. The summed E-state index contributed by atoms with van der Waals surface area (Å²) in [5, 5.41) is 9.78. The minimum Gasteiger partial charge on any atom is -0.490 e. The van der Waals surface area contributed by atoms with E-state index in [0.29, 0.717) is 28.2 Å². The summed E-state index contributed by atoms with van der Waals surface area (Å²) in [4.78, 5) is 0. The van der Waals surface area contributed by atoms with Gasteiger partial charge in [0.15, 0.2) is 11.5 Å². The predicted molar refractivity (Wildman–Crippen MR) is 101 cm³/mol. The molecular formula is C18H14BrCl2NO2. The van der Waals surface area contributed by atoms with E-state index in [9.17, 15) is 0 Å². The number of hydrogen-bond acceptors (Lipinski definition) is 3. The summed E-state index contributed by atoms with van der Waals surface area (Å²) in [5.74, 6) is 1.17. The summed E-state index contributed by atoms with van der Waals surface area (Å²) in [6.07, 6.45) is 3.11. The van der Waals surface area contributed by atoms with Crippen LogP contribution in [0.25, 0.3) is 6.08 Å². The molecule has 0 aliphatic heterocycles. The summed E-state index contributed by atoms with van der Waals surface area (Å²) < 4.78 is 12.3. The van der Waals surface area contributed by atoms with E-state index in [-0.39, 0.29) is 6.61 Å². The number of ether oxygens (including phenoxy) is 2. The first-order valence-corrected chi connectivity index (χ1v) is 8.69. The van der Waals surface area contributed by atoms with E-state index < -0.39 is 0 Å². The Bertz CT molecular complexity index is 800. The van der Waals surface area contributed by atoms with Gasteiger partial charge in [-0.3, -0.25) is 0 Å². The van der Waals surface area contributed by atoms with Crippen molar-refractivity contribution in [3.63, 3.8) is 0 Å². The molecule has 0 spiro atoms. The average Bonchev–Trinajstić information content (AvgIpc) is 2.54. The first kappa shape index (κ1) is 18.7. The smallest absolute Gasteiger partial charge is 0.175 e. The second kappa shape index (κ2) is 8.98. The Morgan fingerprint density at radius 2 is 2.00 bits per heavy atom. The number of allylic oxidation sites excluding steroid dienone is 1.